The van der Waals surface area contributed by atoms with Gasteiger partial charge in [-0.15, -0.1) is 11.3 Å². The average molecular weight is 657 g/mol. The van der Waals surface area contributed by atoms with Gasteiger partial charge in [-0.2, -0.15) is 0 Å². The molecule has 1 saturated heterocycles. The second kappa shape index (κ2) is 16.9. The molecular weight excluding hydrogens is 608 g/mol. The molecule has 1 aliphatic heterocycles. The zero-order valence-electron chi connectivity index (χ0n) is 27.2. The topological polar surface area (TPSA) is 152 Å². The number of aromatic nitrogens is 2. The monoisotopic (exact) mass is 656 g/mol. The number of anilines is 2. The number of rotatable bonds is 16. The molecule has 2 atom stereocenters. The summed E-state index contributed by atoms with van der Waals surface area (Å²) in [5, 5.41) is 11.8. The van der Waals surface area contributed by atoms with Crippen molar-refractivity contribution in [3.8, 4) is 0 Å². The Kier molecular flexibility index (Phi) is 13.0. The SMILES string of the molecule is CC(C)(C)[C@H](NC(=O)COCCOCCNC(=O)C1(Cc2cccc(Nc3nccs3)n2)CCCCC1)C(=O)N1CCC[C@H]1C=O. The third-order valence-corrected chi connectivity index (χ3v) is 9.27. The van der Waals surface area contributed by atoms with Gasteiger partial charge in [0, 0.05) is 36.8 Å². The van der Waals surface area contributed by atoms with Gasteiger partial charge in [0.25, 0.3) is 0 Å². The van der Waals surface area contributed by atoms with Crippen molar-refractivity contribution >= 4 is 46.3 Å². The molecule has 13 heteroatoms. The number of nitrogens with zero attached hydrogens (tertiary/aromatic N) is 3. The fourth-order valence-corrected chi connectivity index (χ4v) is 6.67. The minimum atomic E-state index is -0.767. The maximum Gasteiger partial charge on any atom is 0.246 e. The smallest absolute Gasteiger partial charge is 0.246 e. The van der Waals surface area contributed by atoms with E-state index in [2.05, 4.69) is 20.9 Å². The van der Waals surface area contributed by atoms with E-state index in [1.165, 1.54) is 11.3 Å². The Balaban J connectivity index is 1.16. The predicted molar refractivity (Wildman–Crippen MR) is 176 cm³/mol. The summed E-state index contributed by atoms with van der Waals surface area (Å²) in [5.74, 6) is 0.0906. The number of hydrogen-bond acceptors (Lipinski definition) is 10. The lowest BCUT2D eigenvalue weighted by Gasteiger charge is -2.35. The van der Waals surface area contributed by atoms with Crippen LogP contribution in [0, 0.1) is 10.8 Å². The molecule has 1 aliphatic carbocycles. The number of thiazole rings is 1. The van der Waals surface area contributed by atoms with Crippen molar-refractivity contribution in [2.75, 3.05) is 44.8 Å². The molecule has 3 N–H and O–H groups in total. The van der Waals surface area contributed by atoms with Crippen LogP contribution in [0.2, 0.25) is 0 Å². The lowest BCUT2D eigenvalue weighted by molar-refractivity contribution is -0.142. The first-order chi connectivity index (χ1) is 22.1. The lowest BCUT2D eigenvalue weighted by Crippen LogP contribution is -2.56. The van der Waals surface area contributed by atoms with Gasteiger partial charge in [0.1, 0.15) is 24.8 Å². The minimum Gasteiger partial charge on any atom is -0.377 e. The second-order valence-corrected chi connectivity index (χ2v) is 14.1. The third-order valence-electron chi connectivity index (χ3n) is 8.58. The average Bonchev–Trinajstić information content (AvgIpc) is 3.73. The molecule has 3 heterocycles. The normalized spacial score (nSPS) is 18.5. The molecule has 2 aromatic rings. The van der Waals surface area contributed by atoms with Crippen molar-refractivity contribution in [3.05, 3.63) is 35.5 Å². The van der Waals surface area contributed by atoms with Gasteiger partial charge in [-0.25, -0.2) is 9.97 Å². The number of carbonyl (C=O) groups excluding carboxylic acids is 4. The van der Waals surface area contributed by atoms with E-state index in [0.717, 1.165) is 55.6 Å². The highest BCUT2D eigenvalue weighted by atomic mass is 32.1. The van der Waals surface area contributed by atoms with E-state index < -0.39 is 28.8 Å². The van der Waals surface area contributed by atoms with Crippen molar-refractivity contribution in [2.45, 2.75) is 84.2 Å². The van der Waals surface area contributed by atoms with Crippen LogP contribution in [0.5, 0.6) is 0 Å². The molecule has 2 fully saturated rings. The van der Waals surface area contributed by atoms with Crippen LogP contribution >= 0.6 is 11.3 Å². The second-order valence-electron chi connectivity index (χ2n) is 13.2. The predicted octanol–water partition coefficient (Wildman–Crippen LogP) is 3.64. The minimum absolute atomic E-state index is 0.0279. The molecule has 12 nitrogen and oxygen atoms in total. The van der Waals surface area contributed by atoms with Crippen LogP contribution in [0.4, 0.5) is 10.9 Å². The number of ether oxygens (including phenoxy) is 2. The zero-order chi connectivity index (χ0) is 33.0. The summed E-state index contributed by atoms with van der Waals surface area (Å²) < 4.78 is 11.1. The molecule has 46 heavy (non-hydrogen) atoms. The number of pyridine rings is 1. The third kappa shape index (κ3) is 10.0. The van der Waals surface area contributed by atoms with Crippen LogP contribution in [0.1, 0.15) is 71.4 Å². The highest BCUT2D eigenvalue weighted by Gasteiger charge is 2.40. The van der Waals surface area contributed by atoms with Crippen LogP contribution in [0.25, 0.3) is 0 Å². The summed E-state index contributed by atoms with van der Waals surface area (Å²) in [5.41, 5.74) is -0.168. The van der Waals surface area contributed by atoms with E-state index in [4.69, 9.17) is 14.5 Å². The van der Waals surface area contributed by atoms with E-state index in [0.29, 0.717) is 38.4 Å². The summed E-state index contributed by atoms with van der Waals surface area (Å²) in [6, 6.07) is 4.62. The largest absolute Gasteiger partial charge is 0.377 e. The molecule has 0 radical (unpaired) electrons. The van der Waals surface area contributed by atoms with Gasteiger partial charge < -0.3 is 35.1 Å². The Hall–Kier alpha value is -3.42. The van der Waals surface area contributed by atoms with Crippen LogP contribution < -0.4 is 16.0 Å². The Labute approximate surface area is 275 Å². The molecule has 3 amide bonds. The van der Waals surface area contributed by atoms with E-state index in [1.54, 1.807) is 11.1 Å². The van der Waals surface area contributed by atoms with E-state index in [-0.39, 0.29) is 31.6 Å². The van der Waals surface area contributed by atoms with Crippen molar-refractivity contribution in [1.29, 1.82) is 0 Å². The number of carbonyl (C=O) groups is 4. The van der Waals surface area contributed by atoms with E-state index in [1.807, 2.05) is 44.4 Å². The standard InChI is InChI=1S/C33H48N6O6S/c1-32(2,3)28(29(42)39-16-8-10-25(39)22-40)38-27(41)23-45-19-18-44-17-14-34-30(43)33(12-5-4-6-13-33)21-24-9-7-11-26(36-24)37-31-35-15-20-46-31/h7,9,11,15,20,22,25,28H,4-6,8,10,12-14,16-19,21,23H2,1-3H3,(H,34,43)(H,38,41)(H,35,36,37)/t25-,28+/m0/s1. The van der Waals surface area contributed by atoms with Crippen molar-refractivity contribution < 1.29 is 28.7 Å². The van der Waals surface area contributed by atoms with Gasteiger partial charge in [0.2, 0.25) is 17.7 Å². The lowest BCUT2D eigenvalue weighted by atomic mass is 9.70. The fraction of sp³-hybridized carbons (Fsp3) is 0.636. The Morgan fingerprint density at radius 2 is 1.89 bits per heavy atom. The molecule has 4 rings (SSSR count). The maximum atomic E-state index is 13.5. The summed E-state index contributed by atoms with van der Waals surface area (Å²) in [7, 11) is 0. The van der Waals surface area contributed by atoms with Crippen molar-refractivity contribution in [1.82, 2.24) is 25.5 Å². The maximum absolute atomic E-state index is 13.5. The highest BCUT2D eigenvalue weighted by Crippen LogP contribution is 2.39. The first kappa shape index (κ1) is 35.4. The highest BCUT2D eigenvalue weighted by molar-refractivity contribution is 7.13. The quantitative estimate of drug-likeness (QED) is 0.182. The van der Waals surface area contributed by atoms with Gasteiger partial charge in [-0.3, -0.25) is 14.4 Å². The van der Waals surface area contributed by atoms with Gasteiger partial charge in [0.05, 0.1) is 31.3 Å². The number of hydrogen-bond donors (Lipinski definition) is 3. The van der Waals surface area contributed by atoms with Crippen molar-refractivity contribution in [3.63, 3.8) is 0 Å². The molecule has 1 saturated carbocycles. The Morgan fingerprint density at radius 1 is 1.11 bits per heavy atom. The molecule has 0 aromatic carbocycles. The van der Waals surface area contributed by atoms with Gasteiger partial charge in [-0.1, -0.05) is 46.1 Å². The molecule has 0 spiro atoms. The number of nitrogens with one attached hydrogen (secondary N) is 3. The molecule has 0 unspecified atom stereocenters. The molecule has 252 valence electrons. The summed E-state index contributed by atoms with van der Waals surface area (Å²) in [6.45, 7) is 7.06. The van der Waals surface area contributed by atoms with Crippen LogP contribution in [0.15, 0.2) is 29.8 Å². The van der Waals surface area contributed by atoms with Crippen LogP contribution in [-0.4, -0.2) is 90.5 Å². The zero-order valence-corrected chi connectivity index (χ0v) is 28.0. The van der Waals surface area contributed by atoms with Gasteiger partial charge in [0.15, 0.2) is 5.13 Å². The van der Waals surface area contributed by atoms with Gasteiger partial charge >= 0.3 is 0 Å². The Bertz CT molecular complexity index is 1290. The summed E-state index contributed by atoms with van der Waals surface area (Å²) >= 11 is 1.50. The molecule has 0 bridgehead atoms. The van der Waals surface area contributed by atoms with Gasteiger partial charge in [-0.05, 0) is 43.2 Å². The first-order valence-corrected chi connectivity index (χ1v) is 17.1. The summed E-state index contributed by atoms with van der Waals surface area (Å²) in [4.78, 5) is 61.2. The number of amides is 3. The van der Waals surface area contributed by atoms with Crippen LogP contribution in [0.3, 0.4) is 0 Å². The fourth-order valence-electron chi connectivity index (χ4n) is 6.14. The van der Waals surface area contributed by atoms with Crippen molar-refractivity contribution in [2.24, 2.45) is 10.8 Å². The van der Waals surface area contributed by atoms with E-state index >= 15 is 0 Å². The summed E-state index contributed by atoms with van der Waals surface area (Å²) in [6.07, 6.45) is 9.31. The Morgan fingerprint density at radius 3 is 2.61 bits per heavy atom. The number of aldehydes is 1. The number of likely N-dealkylation sites (tertiary alicyclic amines) is 1. The molecule has 2 aromatic heterocycles. The van der Waals surface area contributed by atoms with E-state index in [9.17, 15) is 19.2 Å². The van der Waals surface area contributed by atoms with Crippen LogP contribution in [-0.2, 0) is 35.1 Å². The molecule has 2 aliphatic rings. The first-order valence-electron chi connectivity index (χ1n) is 16.2. The molecular formula is C33H48N6O6S.